The van der Waals surface area contributed by atoms with Crippen molar-refractivity contribution in [2.75, 3.05) is 31.1 Å². The summed E-state index contributed by atoms with van der Waals surface area (Å²) in [6, 6.07) is 15.2. The lowest BCUT2D eigenvalue weighted by Crippen LogP contribution is -2.50. The van der Waals surface area contributed by atoms with E-state index < -0.39 is 11.7 Å². The van der Waals surface area contributed by atoms with Crippen LogP contribution in [-0.4, -0.2) is 47.0 Å². The molecule has 1 aliphatic heterocycles. The largest absolute Gasteiger partial charge is 0.416 e. The lowest BCUT2D eigenvalue weighted by atomic mass is 9.94. The number of piperazine rings is 1. The van der Waals surface area contributed by atoms with Gasteiger partial charge in [0, 0.05) is 43.9 Å². The Hall–Kier alpha value is -3.42. The first-order chi connectivity index (χ1) is 17.2. The number of nitrogens with zero attached hydrogens (tertiary/aromatic N) is 4. The highest BCUT2D eigenvalue weighted by atomic mass is 19.4. The summed E-state index contributed by atoms with van der Waals surface area (Å²) in [5.41, 5.74) is 2.49. The number of halogens is 3. The summed E-state index contributed by atoms with van der Waals surface area (Å²) in [4.78, 5) is 26.5. The molecule has 8 heteroatoms. The zero-order chi connectivity index (χ0) is 25.9. The average molecular weight is 497 g/mol. The molecule has 3 aromatic rings. The van der Waals surface area contributed by atoms with E-state index in [2.05, 4.69) is 14.9 Å². The van der Waals surface area contributed by atoms with Gasteiger partial charge in [0.1, 0.15) is 11.6 Å². The molecule has 1 aromatic heterocycles. The number of aryl methyl sites for hydroxylation is 2. The lowest BCUT2D eigenvalue weighted by molar-refractivity contribution is -0.137. The second kappa shape index (κ2) is 10.7. The van der Waals surface area contributed by atoms with Gasteiger partial charge in [0.25, 0.3) is 0 Å². The summed E-state index contributed by atoms with van der Waals surface area (Å²) >= 11 is 0. The first-order valence-electron chi connectivity index (χ1n) is 12.3. The molecule has 190 valence electrons. The number of hydrogen-bond acceptors (Lipinski definition) is 4. The Kier molecular flexibility index (Phi) is 7.62. The smallest absolute Gasteiger partial charge is 0.353 e. The maximum Gasteiger partial charge on any atom is 0.416 e. The number of carbonyl (C=O) groups is 1. The van der Waals surface area contributed by atoms with Crippen molar-refractivity contribution in [3.05, 3.63) is 88.4 Å². The van der Waals surface area contributed by atoms with Crippen molar-refractivity contribution < 1.29 is 18.0 Å². The third kappa shape index (κ3) is 5.69. The minimum absolute atomic E-state index is 0.127. The van der Waals surface area contributed by atoms with Crippen LogP contribution in [0.25, 0.3) is 0 Å². The molecule has 0 radical (unpaired) electrons. The summed E-state index contributed by atoms with van der Waals surface area (Å²) < 4.78 is 39.7. The Balaban J connectivity index is 1.53. The summed E-state index contributed by atoms with van der Waals surface area (Å²) in [7, 11) is 0. The van der Waals surface area contributed by atoms with Gasteiger partial charge in [0.15, 0.2) is 0 Å². The van der Waals surface area contributed by atoms with Crippen LogP contribution in [0.4, 0.5) is 19.0 Å². The quantitative estimate of drug-likeness (QED) is 0.449. The van der Waals surface area contributed by atoms with Crippen LogP contribution in [0.1, 0.15) is 53.0 Å². The summed E-state index contributed by atoms with van der Waals surface area (Å²) in [5.74, 6) is 1.31. The molecule has 0 aliphatic carbocycles. The van der Waals surface area contributed by atoms with Crippen molar-refractivity contribution in [2.45, 2.75) is 45.7 Å². The average Bonchev–Trinajstić information content (AvgIpc) is 2.86. The fourth-order valence-corrected chi connectivity index (χ4v) is 4.85. The molecule has 0 unspecified atom stereocenters. The number of alkyl halides is 3. The highest BCUT2D eigenvalue weighted by Crippen LogP contribution is 2.31. The van der Waals surface area contributed by atoms with Gasteiger partial charge in [0.05, 0.1) is 11.5 Å². The zero-order valence-electron chi connectivity index (χ0n) is 20.8. The van der Waals surface area contributed by atoms with E-state index in [1.54, 1.807) is 6.07 Å². The molecule has 2 heterocycles. The van der Waals surface area contributed by atoms with Crippen LogP contribution in [0.2, 0.25) is 0 Å². The molecule has 1 aliphatic rings. The van der Waals surface area contributed by atoms with Crippen molar-refractivity contribution >= 4 is 11.7 Å². The monoisotopic (exact) mass is 496 g/mol. The third-order valence-corrected chi connectivity index (χ3v) is 6.74. The Bertz CT molecular complexity index is 1210. The van der Waals surface area contributed by atoms with Crippen LogP contribution in [0.5, 0.6) is 0 Å². The topological polar surface area (TPSA) is 49.3 Å². The Morgan fingerprint density at radius 3 is 2.31 bits per heavy atom. The minimum atomic E-state index is -4.39. The van der Waals surface area contributed by atoms with E-state index in [-0.39, 0.29) is 11.8 Å². The SMILES string of the molecule is CC[C@@H](C(=O)N1CCN(c2nc(C)nc(C)c2Cc2cccc(C(F)(F)F)c2)CC1)c1ccccc1. The van der Waals surface area contributed by atoms with Gasteiger partial charge in [-0.25, -0.2) is 9.97 Å². The van der Waals surface area contributed by atoms with Gasteiger partial charge < -0.3 is 9.80 Å². The van der Waals surface area contributed by atoms with Gasteiger partial charge in [-0.15, -0.1) is 0 Å². The first kappa shape index (κ1) is 25.7. The molecular formula is C28H31F3N4O. The molecule has 0 saturated carbocycles. The minimum Gasteiger partial charge on any atom is -0.353 e. The van der Waals surface area contributed by atoms with Gasteiger partial charge in [-0.3, -0.25) is 4.79 Å². The van der Waals surface area contributed by atoms with Crippen molar-refractivity contribution in [3.8, 4) is 0 Å². The van der Waals surface area contributed by atoms with E-state index in [0.717, 1.165) is 35.1 Å². The van der Waals surface area contributed by atoms with Gasteiger partial charge in [-0.1, -0.05) is 55.5 Å². The normalized spacial score (nSPS) is 15.2. The summed E-state index contributed by atoms with van der Waals surface area (Å²) in [6.07, 6.45) is -3.36. The molecule has 0 N–H and O–H groups in total. The van der Waals surface area contributed by atoms with E-state index in [4.69, 9.17) is 0 Å². The number of amides is 1. The van der Waals surface area contributed by atoms with Crippen LogP contribution < -0.4 is 4.90 Å². The van der Waals surface area contributed by atoms with E-state index >= 15 is 0 Å². The zero-order valence-corrected chi connectivity index (χ0v) is 20.8. The maximum absolute atomic E-state index is 13.3. The Morgan fingerprint density at radius 1 is 0.972 bits per heavy atom. The second-order valence-corrected chi connectivity index (χ2v) is 9.22. The Labute approximate surface area is 210 Å². The van der Waals surface area contributed by atoms with Gasteiger partial charge >= 0.3 is 6.18 Å². The van der Waals surface area contributed by atoms with Crippen LogP contribution in [0.3, 0.4) is 0 Å². The van der Waals surface area contributed by atoms with Crippen LogP contribution in [-0.2, 0) is 17.4 Å². The van der Waals surface area contributed by atoms with Crippen LogP contribution in [0, 0.1) is 13.8 Å². The summed E-state index contributed by atoms with van der Waals surface area (Å²) in [6.45, 7) is 8.03. The standard InChI is InChI=1S/C28H31F3N4O/c1-4-24(22-10-6-5-7-11-22)27(36)35-15-13-34(14-16-35)26-25(19(2)32-20(3)33-26)18-21-9-8-12-23(17-21)28(29,30)31/h5-12,17,24H,4,13-16,18H2,1-3H3/t24-/m1/s1. The van der Waals surface area contributed by atoms with Crippen molar-refractivity contribution in [2.24, 2.45) is 0 Å². The van der Waals surface area contributed by atoms with Crippen molar-refractivity contribution in [1.29, 1.82) is 0 Å². The molecule has 2 aromatic carbocycles. The first-order valence-corrected chi connectivity index (χ1v) is 12.3. The second-order valence-electron chi connectivity index (χ2n) is 9.22. The van der Waals surface area contributed by atoms with Crippen molar-refractivity contribution in [3.63, 3.8) is 0 Å². The molecule has 1 fully saturated rings. The van der Waals surface area contributed by atoms with Gasteiger partial charge in [-0.05, 0) is 37.5 Å². The van der Waals surface area contributed by atoms with E-state index in [0.29, 0.717) is 44.0 Å². The summed E-state index contributed by atoms with van der Waals surface area (Å²) in [5, 5.41) is 0. The molecule has 1 amide bonds. The molecule has 1 saturated heterocycles. The van der Waals surface area contributed by atoms with Crippen LogP contribution >= 0.6 is 0 Å². The Morgan fingerprint density at radius 2 is 1.67 bits per heavy atom. The maximum atomic E-state index is 13.3. The molecule has 4 rings (SSSR count). The van der Waals surface area contributed by atoms with Gasteiger partial charge in [-0.2, -0.15) is 13.2 Å². The number of anilines is 1. The molecule has 0 bridgehead atoms. The van der Waals surface area contributed by atoms with Crippen LogP contribution in [0.15, 0.2) is 54.6 Å². The number of aromatic nitrogens is 2. The van der Waals surface area contributed by atoms with E-state index in [1.165, 1.54) is 12.1 Å². The molecule has 0 spiro atoms. The number of rotatable bonds is 6. The highest BCUT2D eigenvalue weighted by molar-refractivity contribution is 5.84. The molecular weight excluding hydrogens is 465 g/mol. The number of benzene rings is 2. The molecule has 36 heavy (non-hydrogen) atoms. The lowest BCUT2D eigenvalue weighted by Gasteiger charge is -2.38. The van der Waals surface area contributed by atoms with Crippen molar-refractivity contribution in [1.82, 2.24) is 14.9 Å². The predicted octanol–water partition coefficient (Wildman–Crippen LogP) is 5.55. The van der Waals surface area contributed by atoms with Gasteiger partial charge in [0.2, 0.25) is 5.91 Å². The predicted molar refractivity (Wildman–Crippen MR) is 134 cm³/mol. The highest BCUT2D eigenvalue weighted by Gasteiger charge is 2.31. The fourth-order valence-electron chi connectivity index (χ4n) is 4.85. The number of carbonyl (C=O) groups excluding carboxylic acids is 1. The van der Waals surface area contributed by atoms with E-state index in [1.807, 2.05) is 56.0 Å². The fraction of sp³-hybridized carbons (Fsp3) is 0.393. The number of hydrogen-bond donors (Lipinski definition) is 0. The van der Waals surface area contributed by atoms with E-state index in [9.17, 15) is 18.0 Å². The third-order valence-electron chi connectivity index (χ3n) is 6.74. The molecule has 5 nitrogen and oxygen atoms in total. The molecule has 1 atom stereocenters.